The number of anilines is 1. The Labute approximate surface area is 169 Å². The van der Waals surface area contributed by atoms with E-state index >= 15 is 0 Å². The molecule has 4 aromatic rings. The molecule has 0 saturated carbocycles. The van der Waals surface area contributed by atoms with Crippen LogP contribution in [0.25, 0.3) is 28.0 Å². The maximum absolute atomic E-state index is 13.4. The molecule has 0 aliphatic carbocycles. The van der Waals surface area contributed by atoms with Crippen LogP contribution >= 0.6 is 0 Å². The summed E-state index contributed by atoms with van der Waals surface area (Å²) < 4.78 is 54.1. The molecule has 0 radical (unpaired) electrons. The normalized spacial score (nSPS) is 11.8. The van der Waals surface area contributed by atoms with Crippen molar-refractivity contribution >= 4 is 11.5 Å². The van der Waals surface area contributed by atoms with Crippen molar-refractivity contribution in [1.82, 2.24) is 19.6 Å². The van der Waals surface area contributed by atoms with Crippen LogP contribution in [0.1, 0.15) is 18.9 Å². The Morgan fingerprint density at radius 3 is 2.50 bits per heavy atom. The standard InChI is InChI=1S/C21H17F4N5/c1-2-10-26-20-27-11-9-16(28-20)18-17-8-5-14(21(23,24)25)12-30(17)29-19(18)13-3-6-15(22)7-4-13/h3-9,11-12H,2,10H2,1H3,(H,26,27,28). The topological polar surface area (TPSA) is 55.1 Å². The number of alkyl halides is 3. The first-order valence-corrected chi connectivity index (χ1v) is 9.29. The van der Waals surface area contributed by atoms with E-state index in [1.54, 1.807) is 12.3 Å². The van der Waals surface area contributed by atoms with Gasteiger partial charge in [-0.3, -0.25) is 0 Å². The lowest BCUT2D eigenvalue weighted by Gasteiger charge is -2.08. The van der Waals surface area contributed by atoms with Gasteiger partial charge in [0.15, 0.2) is 0 Å². The van der Waals surface area contributed by atoms with Crippen molar-refractivity contribution in [2.75, 3.05) is 11.9 Å². The van der Waals surface area contributed by atoms with Crippen LogP contribution in [-0.4, -0.2) is 26.1 Å². The van der Waals surface area contributed by atoms with Gasteiger partial charge in [0.05, 0.1) is 22.3 Å². The van der Waals surface area contributed by atoms with Crippen LogP contribution in [0.3, 0.4) is 0 Å². The van der Waals surface area contributed by atoms with Crippen molar-refractivity contribution < 1.29 is 17.6 Å². The van der Waals surface area contributed by atoms with Gasteiger partial charge in [0.1, 0.15) is 11.5 Å². The summed E-state index contributed by atoms with van der Waals surface area (Å²) in [5.41, 5.74) is 1.62. The number of hydrogen-bond acceptors (Lipinski definition) is 4. The summed E-state index contributed by atoms with van der Waals surface area (Å²) in [4.78, 5) is 8.69. The zero-order valence-electron chi connectivity index (χ0n) is 15.9. The van der Waals surface area contributed by atoms with Crippen LogP contribution in [0.15, 0.2) is 54.9 Å². The molecule has 0 aliphatic rings. The van der Waals surface area contributed by atoms with Crippen molar-refractivity contribution in [3.05, 3.63) is 66.2 Å². The molecule has 1 N–H and O–H groups in total. The number of aromatic nitrogens is 4. The molecular weight excluding hydrogens is 398 g/mol. The molecule has 4 rings (SSSR count). The quantitative estimate of drug-likeness (QED) is 0.441. The average molecular weight is 415 g/mol. The fourth-order valence-electron chi connectivity index (χ4n) is 3.10. The molecule has 0 fully saturated rings. The highest BCUT2D eigenvalue weighted by Crippen LogP contribution is 2.36. The third-order valence-corrected chi connectivity index (χ3v) is 4.52. The minimum atomic E-state index is -4.50. The van der Waals surface area contributed by atoms with E-state index in [1.807, 2.05) is 6.92 Å². The largest absolute Gasteiger partial charge is 0.417 e. The fourth-order valence-corrected chi connectivity index (χ4v) is 3.10. The van der Waals surface area contributed by atoms with E-state index in [9.17, 15) is 17.6 Å². The van der Waals surface area contributed by atoms with Crippen molar-refractivity contribution in [3.63, 3.8) is 0 Å². The van der Waals surface area contributed by atoms with Crippen LogP contribution in [0.2, 0.25) is 0 Å². The summed E-state index contributed by atoms with van der Waals surface area (Å²) in [6.07, 6.45) is -1.11. The van der Waals surface area contributed by atoms with Gasteiger partial charge in [0, 0.05) is 24.5 Å². The molecule has 0 bridgehead atoms. The van der Waals surface area contributed by atoms with Gasteiger partial charge in [-0.25, -0.2) is 18.9 Å². The highest BCUT2D eigenvalue weighted by atomic mass is 19.4. The van der Waals surface area contributed by atoms with Crippen LogP contribution < -0.4 is 5.32 Å². The molecule has 0 spiro atoms. The van der Waals surface area contributed by atoms with Gasteiger partial charge in [-0.05, 0) is 48.9 Å². The average Bonchev–Trinajstić information content (AvgIpc) is 3.11. The monoisotopic (exact) mass is 415 g/mol. The molecular formula is C21H17F4N5. The molecule has 3 aromatic heterocycles. The third-order valence-electron chi connectivity index (χ3n) is 4.52. The molecule has 0 amide bonds. The van der Waals surface area contributed by atoms with E-state index < -0.39 is 17.6 Å². The second-order valence-electron chi connectivity index (χ2n) is 6.67. The number of nitrogens with zero attached hydrogens (tertiary/aromatic N) is 4. The first-order chi connectivity index (χ1) is 14.4. The molecule has 9 heteroatoms. The van der Waals surface area contributed by atoms with E-state index in [1.165, 1.54) is 34.8 Å². The summed E-state index contributed by atoms with van der Waals surface area (Å²) in [5, 5.41) is 7.46. The molecule has 30 heavy (non-hydrogen) atoms. The van der Waals surface area contributed by atoms with Crippen molar-refractivity contribution in [1.29, 1.82) is 0 Å². The summed E-state index contributed by atoms with van der Waals surface area (Å²) in [5.74, 6) is -0.0119. The second kappa shape index (κ2) is 7.74. The molecule has 0 saturated heterocycles. The van der Waals surface area contributed by atoms with Crippen LogP contribution in [0.4, 0.5) is 23.5 Å². The van der Waals surface area contributed by atoms with E-state index in [0.29, 0.717) is 40.5 Å². The van der Waals surface area contributed by atoms with Gasteiger partial charge in [0.2, 0.25) is 5.95 Å². The summed E-state index contributed by atoms with van der Waals surface area (Å²) in [7, 11) is 0. The smallest absolute Gasteiger partial charge is 0.354 e. The lowest BCUT2D eigenvalue weighted by Crippen LogP contribution is -2.06. The highest BCUT2D eigenvalue weighted by molar-refractivity contribution is 5.91. The summed E-state index contributed by atoms with van der Waals surface area (Å²) in [6, 6.07) is 9.65. The van der Waals surface area contributed by atoms with E-state index in [-0.39, 0.29) is 0 Å². The van der Waals surface area contributed by atoms with Gasteiger partial charge in [0.25, 0.3) is 0 Å². The maximum atomic E-state index is 13.4. The molecule has 0 unspecified atom stereocenters. The zero-order chi connectivity index (χ0) is 21.3. The molecule has 0 aliphatic heterocycles. The Bertz CT molecular complexity index is 1180. The predicted octanol–water partition coefficient (Wildman–Crippen LogP) is 5.44. The van der Waals surface area contributed by atoms with Gasteiger partial charge < -0.3 is 5.32 Å². The number of benzene rings is 1. The predicted molar refractivity (Wildman–Crippen MR) is 105 cm³/mol. The zero-order valence-corrected chi connectivity index (χ0v) is 15.9. The first-order valence-electron chi connectivity index (χ1n) is 9.29. The van der Waals surface area contributed by atoms with Gasteiger partial charge in [-0.15, -0.1) is 0 Å². The van der Waals surface area contributed by atoms with Crippen molar-refractivity contribution in [2.24, 2.45) is 0 Å². The summed E-state index contributed by atoms with van der Waals surface area (Å²) in [6.45, 7) is 2.69. The Balaban J connectivity index is 1.94. The molecule has 0 atom stereocenters. The first kappa shape index (κ1) is 19.8. The highest BCUT2D eigenvalue weighted by Gasteiger charge is 2.31. The molecule has 154 valence electrons. The SMILES string of the molecule is CCCNc1nccc(-c2c(-c3ccc(F)cc3)nn3cc(C(F)(F)F)ccc23)n1. The second-order valence-corrected chi connectivity index (χ2v) is 6.67. The van der Waals surface area contributed by atoms with Gasteiger partial charge >= 0.3 is 6.18 Å². The minimum Gasteiger partial charge on any atom is -0.354 e. The van der Waals surface area contributed by atoms with Crippen LogP contribution in [-0.2, 0) is 6.18 Å². The lowest BCUT2D eigenvalue weighted by molar-refractivity contribution is -0.137. The number of pyridine rings is 1. The maximum Gasteiger partial charge on any atom is 0.417 e. The Morgan fingerprint density at radius 1 is 1.03 bits per heavy atom. The number of nitrogens with one attached hydrogen (secondary N) is 1. The lowest BCUT2D eigenvalue weighted by atomic mass is 10.0. The number of halogens is 4. The van der Waals surface area contributed by atoms with Gasteiger partial charge in [-0.1, -0.05) is 6.92 Å². The number of hydrogen-bond donors (Lipinski definition) is 1. The Morgan fingerprint density at radius 2 is 1.80 bits per heavy atom. The molecule has 5 nitrogen and oxygen atoms in total. The van der Waals surface area contributed by atoms with E-state index in [2.05, 4.69) is 20.4 Å². The van der Waals surface area contributed by atoms with Gasteiger partial charge in [-0.2, -0.15) is 18.3 Å². The van der Waals surface area contributed by atoms with Crippen molar-refractivity contribution in [3.8, 4) is 22.5 Å². The third kappa shape index (κ3) is 3.83. The van der Waals surface area contributed by atoms with E-state index in [4.69, 9.17) is 0 Å². The number of rotatable bonds is 5. The Kier molecular flexibility index (Phi) is 5.11. The molecule has 1 aromatic carbocycles. The minimum absolute atomic E-state index is 0.398. The summed E-state index contributed by atoms with van der Waals surface area (Å²) >= 11 is 0. The molecule has 3 heterocycles. The Hall–Kier alpha value is -3.49. The van der Waals surface area contributed by atoms with Crippen LogP contribution in [0.5, 0.6) is 0 Å². The van der Waals surface area contributed by atoms with Crippen LogP contribution in [0, 0.1) is 5.82 Å². The number of fused-ring (bicyclic) bond motifs is 1. The van der Waals surface area contributed by atoms with Crippen molar-refractivity contribution in [2.45, 2.75) is 19.5 Å². The fraction of sp³-hybridized carbons (Fsp3) is 0.190. The van der Waals surface area contributed by atoms with E-state index in [0.717, 1.165) is 18.7 Å².